The fourth-order valence-corrected chi connectivity index (χ4v) is 4.90. The van der Waals surface area contributed by atoms with Gasteiger partial charge in [0.15, 0.2) is 0 Å². The summed E-state index contributed by atoms with van der Waals surface area (Å²) in [7, 11) is 0. The monoisotopic (exact) mass is 517 g/mol. The van der Waals surface area contributed by atoms with Crippen LogP contribution < -0.4 is 10.2 Å². The third kappa shape index (κ3) is 5.88. The van der Waals surface area contributed by atoms with E-state index in [1.54, 1.807) is 35.8 Å². The number of nitrogens with zero attached hydrogens (tertiary/aromatic N) is 2. The highest BCUT2D eigenvalue weighted by Gasteiger charge is 2.15. The Balaban J connectivity index is 1.31. The Morgan fingerprint density at radius 1 is 0.842 bits per heavy atom. The highest BCUT2D eigenvalue weighted by Crippen LogP contribution is 2.39. The van der Waals surface area contributed by atoms with Crippen molar-refractivity contribution in [1.29, 1.82) is 0 Å². The van der Waals surface area contributed by atoms with Crippen LogP contribution in [0.2, 0.25) is 0 Å². The van der Waals surface area contributed by atoms with E-state index in [1.807, 2.05) is 55.5 Å². The molecule has 5 rings (SSSR count). The minimum atomic E-state index is -0.380. The first-order valence-electron chi connectivity index (χ1n) is 12.3. The van der Waals surface area contributed by atoms with Crippen LogP contribution in [0.1, 0.15) is 32.6 Å². The van der Waals surface area contributed by atoms with E-state index in [0.29, 0.717) is 16.4 Å². The number of anilines is 1. The molecule has 5 aromatic rings. The SMILES string of the molecule is Cc1cccc(C(=O)Oc2ccc(/C=N\Nc3nc(-c4ccc(C)c(C)c4)c(-c4ccccc4)s3)cc2)c1. The zero-order valence-corrected chi connectivity index (χ0v) is 22.3. The number of hydrazone groups is 1. The molecular weight excluding hydrogens is 490 g/mol. The molecule has 4 aromatic carbocycles. The summed E-state index contributed by atoms with van der Waals surface area (Å²) in [6, 6.07) is 31.2. The van der Waals surface area contributed by atoms with Gasteiger partial charge in [0.25, 0.3) is 0 Å². The maximum Gasteiger partial charge on any atom is 0.343 e. The molecule has 1 aromatic heterocycles. The van der Waals surface area contributed by atoms with Crippen molar-refractivity contribution in [2.24, 2.45) is 5.10 Å². The van der Waals surface area contributed by atoms with Crippen LogP contribution in [0.3, 0.4) is 0 Å². The molecule has 0 amide bonds. The van der Waals surface area contributed by atoms with Gasteiger partial charge >= 0.3 is 5.97 Å². The Bertz CT molecular complexity index is 1610. The van der Waals surface area contributed by atoms with Crippen LogP contribution in [0.5, 0.6) is 5.75 Å². The number of carbonyl (C=O) groups excluding carboxylic acids is 1. The van der Waals surface area contributed by atoms with Gasteiger partial charge in [-0.05, 0) is 85.5 Å². The van der Waals surface area contributed by atoms with E-state index < -0.39 is 0 Å². The van der Waals surface area contributed by atoms with Crippen molar-refractivity contribution in [3.63, 3.8) is 0 Å². The van der Waals surface area contributed by atoms with E-state index in [4.69, 9.17) is 9.72 Å². The summed E-state index contributed by atoms with van der Waals surface area (Å²) in [5, 5.41) is 5.10. The second-order valence-electron chi connectivity index (χ2n) is 9.06. The van der Waals surface area contributed by atoms with Crippen LogP contribution >= 0.6 is 11.3 Å². The first-order chi connectivity index (χ1) is 18.5. The van der Waals surface area contributed by atoms with Gasteiger partial charge in [-0.3, -0.25) is 5.43 Å². The third-order valence-corrected chi connectivity index (χ3v) is 7.17. The molecule has 0 fully saturated rings. The molecule has 6 heteroatoms. The van der Waals surface area contributed by atoms with Gasteiger partial charge in [-0.2, -0.15) is 5.10 Å². The Morgan fingerprint density at radius 3 is 2.37 bits per heavy atom. The first-order valence-corrected chi connectivity index (χ1v) is 13.1. The summed E-state index contributed by atoms with van der Waals surface area (Å²) < 4.78 is 5.49. The Morgan fingerprint density at radius 2 is 1.63 bits per heavy atom. The largest absolute Gasteiger partial charge is 0.423 e. The lowest BCUT2D eigenvalue weighted by atomic mass is 10.0. The first kappa shape index (κ1) is 25.1. The number of esters is 1. The standard InChI is InChI=1S/C32H27N3O2S/c1-21-8-7-11-27(18-21)31(36)37-28-16-13-24(14-17-28)20-33-35-32-34-29(26-15-12-22(2)23(3)19-26)30(38-32)25-9-5-4-6-10-25/h4-20H,1-3H3,(H,34,35)/b33-20-. The van der Waals surface area contributed by atoms with Gasteiger partial charge in [-0.15, -0.1) is 0 Å². The molecule has 0 saturated heterocycles. The van der Waals surface area contributed by atoms with E-state index in [0.717, 1.165) is 32.8 Å². The van der Waals surface area contributed by atoms with Crippen molar-refractivity contribution in [1.82, 2.24) is 4.98 Å². The van der Waals surface area contributed by atoms with Gasteiger partial charge in [0.1, 0.15) is 5.75 Å². The molecule has 5 nitrogen and oxygen atoms in total. The highest BCUT2D eigenvalue weighted by molar-refractivity contribution is 7.19. The van der Waals surface area contributed by atoms with Crippen LogP contribution in [0.15, 0.2) is 102 Å². The number of aromatic nitrogens is 1. The number of ether oxygens (including phenoxy) is 1. The van der Waals surface area contributed by atoms with Crippen LogP contribution in [-0.2, 0) is 0 Å². The van der Waals surface area contributed by atoms with Crippen molar-refractivity contribution >= 4 is 28.7 Å². The summed E-state index contributed by atoms with van der Waals surface area (Å²) in [5.41, 5.74) is 11.1. The minimum absolute atomic E-state index is 0.380. The van der Waals surface area contributed by atoms with Gasteiger partial charge in [-0.25, -0.2) is 9.78 Å². The van der Waals surface area contributed by atoms with Crippen LogP contribution in [0, 0.1) is 20.8 Å². The zero-order valence-electron chi connectivity index (χ0n) is 21.4. The van der Waals surface area contributed by atoms with Crippen LogP contribution in [0.4, 0.5) is 5.13 Å². The predicted molar refractivity (Wildman–Crippen MR) is 156 cm³/mol. The molecule has 1 heterocycles. The van der Waals surface area contributed by atoms with Crippen LogP contribution in [0.25, 0.3) is 21.7 Å². The number of benzene rings is 4. The molecule has 0 unspecified atom stereocenters. The molecule has 0 bridgehead atoms. The van der Waals surface area contributed by atoms with Crippen molar-refractivity contribution in [3.05, 3.63) is 125 Å². The van der Waals surface area contributed by atoms with Crippen molar-refractivity contribution in [2.75, 3.05) is 5.43 Å². The predicted octanol–water partition coefficient (Wildman–Crippen LogP) is 8.07. The number of carbonyl (C=O) groups is 1. The molecule has 188 valence electrons. The van der Waals surface area contributed by atoms with Gasteiger partial charge in [0, 0.05) is 5.56 Å². The fraction of sp³-hybridized carbons (Fsp3) is 0.0938. The molecule has 0 aliphatic heterocycles. The smallest absolute Gasteiger partial charge is 0.343 e. The Hall–Kier alpha value is -4.55. The number of hydrogen-bond acceptors (Lipinski definition) is 6. The second-order valence-corrected chi connectivity index (χ2v) is 10.1. The molecule has 1 N–H and O–H groups in total. The van der Waals surface area contributed by atoms with E-state index in [9.17, 15) is 4.79 Å². The molecule has 0 atom stereocenters. The minimum Gasteiger partial charge on any atom is -0.423 e. The lowest BCUT2D eigenvalue weighted by Crippen LogP contribution is -2.08. The molecule has 38 heavy (non-hydrogen) atoms. The average Bonchev–Trinajstić information content (AvgIpc) is 3.36. The van der Waals surface area contributed by atoms with Gasteiger partial charge < -0.3 is 4.74 Å². The molecule has 0 radical (unpaired) electrons. The molecule has 0 aliphatic carbocycles. The molecule has 0 aliphatic rings. The topological polar surface area (TPSA) is 63.6 Å². The fourth-order valence-electron chi connectivity index (χ4n) is 3.96. The van der Waals surface area contributed by atoms with E-state index in [2.05, 4.69) is 54.7 Å². The maximum absolute atomic E-state index is 12.4. The molecule has 0 saturated carbocycles. The molecule has 0 spiro atoms. The summed E-state index contributed by atoms with van der Waals surface area (Å²) >= 11 is 1.57. The number of hydrogen-bond donors (Lipinski definition) is 1. The lowest BCUT2D eigenvalue weighted by Gasteiger charge is -2.05. The van der Waals surface area contributed by atoms with Gasteiger partial charge in [0.05, 0.1) is 22.3 Å². The Kier molecular flexibility index (Phi) is 7.43. The lowest BCUT2D eigenvalue weighted by molar-refractivity contribution is 0.0734. The van der Waals surface area contributed by atoms with E-state index in [-0.39, 0.29) is 5.97 Å². The summed E-state index contributed by atoms with van der Waals surface area (Å²) in [5.74, 6) is 0.0985. The quantitative estimate of drug-likeness (QED) is 0.103. The molecular formula is C32H27N3O2S. The number of rotatable bonds is 7. The van der Waals surface area contributed by atoms with Crippen molar-refractivity contribution < 1.29 is 9.53 Å². The van der Waals surface area contributed by atoms with Crippen molar-refractivity contribution in [3.8, 4) is 27.4 Å². The second kappa shape index (κ2) is 11.2. The zero-order chi connectivity index (χ0) is 26.5. The van der Waals surface area contributed by atoms with Crippen molar-refractivity contribution in [2.45, 2.75) is 20.8 Å². The van der Waals surface area contributed by atoms with Crippen LogP contribution in [-0.4, -0.2) is 17.2 Å². The van der Waals surface area contributed by atoms with Gasteiger partial charge in [-0.1, -0.05) is 71.5 Å². The van der Waals surface area contributed by atoms with E-state index >= 15 is 0 Å². The normalized spacial score (nSPS) is 11.0. The maximum atomic E-state index is 12.4. The number of aryl methyl sites for hydroxylation is 3. The third-order valence-electron chi connectivity index (χ3n) is 6.16. The Labute approximate surface area is 226 Å². The number of thiazole rings is 1. The number of nitrogens with one attached hydrogen (secondary N) is 1. The highest BCUT2D eigenvalue weighted by atomic mass is 32.1. The summed E-state index contributed by atoms with van der Waals surface area (Å²) in [6.45, 7) is 6.17. The van der Waals surface area contributed by atoms with E-state index in [1.165, 1.54) is 11.1 Å². The summed E-state index contributed by atoms with van der Waals surface area (Å²) in [4.78, 5) is 18.4. The average molecular weight is 518 g/mol. The summed E-state index contributed by atoms with van der Waals surface area (Å²) in [6.07, 6.45) is 1.71. The van der Waals surface area contributed by atoms with Gasteiger partial charge in [0.2, 0.25) is 5.13 Å².